The van der Waals surface area contributed by atoms with Crippen molar-refractivity contribution in [1.29, 1.82) is 0 Å². The van der Waals surface area contributed by atoms with Gasteiger partial charge < -0.3 is 5.32 Å². The molecule has 1 aliphatic rings. The van der Waals surface area contributed by atoms with Crippen LogP contribution in [-0.2, 0) is 9.59 Å². The van der Waals surface area contributed by atoms with Gasteiger partial charge >= 0.3 is 0 Å². The molecule has 11 heteroatoms. The largest absolute Gasteiger partial charge is 0.325 e. The second kappa shape index (κ2) is 8.67. The van der Waals surface area contributed by atoms with E-state index in [1.165, 1.54) is 9.42 Å². The summed E-state index contributed by atoms with van der Waals surface area (Å²) in [7, 11) is 0. The summed E-state index contributed by atoms with van der Waals surface area (Å²) in [6, 6.07) is 17.3. The van der Waals surface area contributed by atoms with Gasteiger partial charge in [0, 0.05) is 34.2 Å². The van der Waals surface area contributed by atoms with E-state index in [4.69, 9.17) is 11.6 Å². The highest BCUT2D eigenvalue weighted by Crippen LogP contribution is 2.35. The number of anilines is 2. The van der Waals surface area contributed by atoms with E-state index in [0.29, 0.717) is 38.3 Å². The lowest BCUT2D eigenvalue weighted by Gasteiger charge is -2.16. The first-order chi connectivity index (χ1) is 17.5. The number of aromatic nitrogens is 4. The molecule has 0 aliphatic carbocycles. The summed E-state index contributed by atoms with van der Waals surface area (Å²) in [4.78, 5) is 49.8. The summed E-state index contributed by atoms with van der Waals surface area (Å²) in [5.74, 6) is -0.439. The maximum Gasteiger partial charge on any atom is 0.291 e. The molecule has 0 atom stereocenters. The average Bonchev–Trinajstić information content (AvgIpc) is 3.52. The van der Waals surface area contributed by atoms with Crippen molar-refractivity contribution in [2.24, 2.45) is 0 Å². The molecular weight excluding hydrogens is 500 g/mol. The highest BCUT2D eigenvalue weighted by atomic mass is 35.5. The molecule has 3 aromatic heterocycles. The van der Waals surface area contributed by atoms with E-state index in [2.05, 4.69) is 20.4 Å². The normalized spacial score (nSPS) is 14.4. The van der Waals surface area contributed by atoms with Crippen LogP contribution in [0.3, 0.4) is 0 Å². The number of carbonyl (C=O) groups excluding carboxylic acids is 2. The number of carbonyl (C=O) groups is 2. The Morgan fingerprint density at radius 3 is 2.58 bits per heavy atom. The topological polar surface area (TPSA) is 110 Å². The molecule has 36 heavy (non-hydrogen) atoms. The lowest BCUT2D eigenvalue weighted by Crippen LogP contribution is -2.37. The van der Waals surface area contributed by atoms with Gasteiger partial charge in [-0.05, 0) is 42.5 Å². The van der Waals surface area contributed by atoms with Crippen LogP contribution >= 0.6 is 22.9 Å². The molecule has 176 valence electrons. The first-order valence-corrected chi connectivity index (χ1v) is 12.0. The van der Waals surface area contributed by atoms with Crippen molar-refractivity contribution in [2.75, 3.05) is 16.8 Å². The Hall–Kier alpha value is -4.41. The van der Waals surface area contributed by atoms with Gasteiger partial charge in [-0.2, -0.15) is 9.50 Å². The van der Waals surface area contributed by atoms with Crippen LogP contribution in [0.2, 0.25) is 5.02 Å². The third-order valence-corrected chi connectivity index (χ3v) is 6.94. The molecule has 1 N–H and O–H groups in total. The molecule has 2 amide bonds. The van der Waals surface area contributed by atoms with Crippen LogP contribution in [0.5, 0.6) is 0 Å². The molecular formula is C25H15ClN6O3S. The molecule has 2 aromatic carbocycles. The van der Waals surface area contributed by atoms with E-state index in [1.54, 1.807) is 73.1 Å². The van der Waals surface area contributed by atoms with Crippen molar-refractivity contribution in [3.05, 3.63) is 98.5 Å². The third-order valence-electron chi connectivity index (χ3n) is 5.66. The maximum absolute atomic E-state index is 13.5. The Morgan fingerprint density at radius 2 is 1.83 bits per heavy atom. The summed E-state index contributed by atoms with van der Waals surface area (Å²) in [6.07, 6.45) is 3.25. The zero-order valence-corrected chi connectivity index (χ0v) is 20.0. The minimum atomic E-state index is -0.441. The van der Waals surface area contributed by atoms with Crippen molar-refractivity contribution < 1.29 is 9.59 Å². The van der Waals surface area contributed by atoms with Gasteiger partial charge in [0.15, 0.2) is 5.82 Å². The zero-order valence-electron chi connectivity index (χ0n) is 18.4. The molecule has 6 rings (SSSR count). The number of pyridine rings is 1. The van der Waals surface area contributed by atoms with Gasteiger partial charge in [-0.25, -0.2) is 0 Å². The fourth-order valence-corrected chi connectivity index (χ4v) is 5.16. The number of para-hydroxylation sites is 1. The molecule has 9 nitrogen and oxygen atoms in total. The van der Waals surface area contributed by atoms with Crippen molar-refractivity contribution in [3.8, 4) is 11.4 Å². The second-order valence-electron chi connectivity index (χ2n) is 7.95. The Balaban J connectivity index is 1.39. The van der Waals surface area contributed by atoms with Crippen LogP contribution in [0.4, 0.5) is 11.4 Å². The van der Waals surface area contributed by atoms with Crippen molar-refractivity contribution >= 4 is 56.7 Å². The van der Waals surface area contributed by atoms with Crippen LogP contribution < -0.4 is 20.3 Å². The summed E-state index contributed by atoms with van der Waals surface area (Å²) in [6.45, 7) is -0.220. The molecule has 0 spiro atoms. The summed E-state index contributed by atoms with van der Waals surface area (Å²) < 4.78 is 1.42. The monoisotopic (exact) mass is 514 g/mol. The van der Waals surface area contributed by atoms with Gasteiger partial charge in [-0.3, -0.25) is 24.3 Å². The first kappa shape index (κ1) is 22.1. The number of benzene rings is 2. The Labute approximate surface area is 212 Å². The Kier molecular flexibility index (Phi) is 5.32. The number of halogens is 1. The van der Waals surface area contributed by atoms with Gasteiger partial charge in [0.2, 0.25) is 10.9 Å². The predicted molar refractivity (Wildman–Crippen MR) is 137 cm³/mol. The number of hydrogen-bond acceptors (Lipinski definition) is 7. The highest BCUT2D eigenvalue weighted by Gasteiger charge is 2.35. The SMILES string of the molecule is O=C(CN1C(=O)C(=c2sc3nc(-c4cccnc4)nn3c2=O)c2ccccc21)Nc1ccc(Cl)cc1. The van der Waals surface area contributed by atoms with Gasteiger partial charge in [-0.1, -0.05) is 41.1 Å². The van der Waals surface area contributed by atoms with Gasteiger partial charge in [0.05, 0.1) is 11.3 Å². The fourth-order valence-electron chi connectivity index (χ4n) is 4.04. The fraction of sp³-hybridized carbons (Fsp3) is 0.0400. The van der Waals surface area contributed by atoms with Crippen LogP contribution in [0.25, 0.3) is 21.9 Å². The number of amides is 2. The highest BCUT2D eigenvalue weighted by molar-refractivity contribution is 7.15. The molecule has 4 heterocycles. The molecule has 0 fully saturated rings. The number of fused-ring (bicyclic) bond motifs is 2. The lowest BCUT2D eigenvalue weighted by atomic mass is 10.1. The summed E-state index contributed by atoms with van der Waals surface area (Å²) >= 11 is 6.99. The third kappa shape index (κ3) is 3.72. The first-order valence-electron chi connectivity index (χ1n) is 10.8. The molecule has 0 bridgehead atoms. The number of nitrogens with one attached hydrogen (secondary N) is 1. The Morgan fingerprint density at radius 1 is 1.03 bits per heavy atom. The van der Waals surface area contributed by atoms with E-state index < -0.39 is 11.5 Å². The molecule has 0 unspecified atom stereocenters. The standard InChI is InChI=1S/C25H15ClN6O3S/c26-15-7-9-16(10-8-15)28-19(33)13-31-18-6-2-1-5-17(18)20(23(31)34)21-24(35)32-25(36-21)29-22(30-32)14-4-3-11-27-12-14/h1-12H,13H2,(H,28,33). The Bertz CT molecular complexity index is 1770. The quantitative estimate of drug-likeness (QED) is 0.395. The van der Waals surface area contributed by atoms with E-state index in [0.717, 1.165) is 11.3 Å². The average molecular weight is 515 g/mol. The van der Waals surface area contributed by atoms with Gasteiger partial charge in [0.1, 0.15) is 11.1 Å². The van der Waals surface area contributed by atoms with Crippen molar-refractivity contribution in [3.63, 3.8) is 0 Å². The van der Waals surface area contributed by atoms with Gasteiger partial charge in [-0.15, -0.1) is 5.10 Å². The lowest BCUT2D eigenvalue weighted by molar-refractivity contribution is -0.118. The van der Waals surface area contributed by atoms with E-state index >= 15 is 0 Å². The zero-order chi connectivity index (χ0) is 24.8. The molecule has 5 aromatic rings. The summed E-state index contributed by atoms with van der Waals surface area (Å²) in [5.41, 5.74) is 2.17. The minimum Gasteiger partial charge on any atom is -0.325 e. The second-order valence-corrected chi connectivity index (χ2v) is 9.36. The molecule has 0 radical (unpaired) electrons. The molecule has 1 aliphatic heterocycles. The predicted octanol–water partition coefficient (Wildman–Crippen LogP) is 2.77. The van der Waals surface area contributed by atoms with E-state index in [1.807, 2.05) is 0 Å². The molecule has 0 saturated heterocycles. The van der Waals surface area contributed by atoms with E-state index in [-0.39, 0.29) is 22.6 Å². The van der Waals surface area contributed by atoms with Gasteiger partial charge in [0.25, 0.3) is 11.5 Å². The maximum atomic E-state index is 13.5. The number of hydrogen-bond donors (Lipinski definition) is 1. The van der Waals surface area contributed by atoms with Crippen LogP contribution in [0, 0.1) is 0 Å². The van der Waals surface area contributed by atoms with E-state index in [9.17, 15) is 14.4 Å². The number of thiazole rings is 1. The van der Waals surface area contributed by atoms with Crippen molar-refractivity contribution in [1.82, 2.24) is 19.6 Å². The minimum absolute atomic E-state index is 0.220. The van der Waals surface area contributed by atoms with Crippen LogP contribution in [0.15, 0.2) is 77.9 Å². The van der Waals surface area contributed by atoms with Crippen LogP contribution in [-0.4, -0.2) is 37.9 Å². The summed E-state index contributed by atoms with van der Waals surface area (Å²) in [5, 5.41) is 7.64. The number of rotatable bonds is 4. The smallest absolute Gasteiger partial charge is 0.291 e. The number of nitrogens with zero attached hydrogens (tertiary/aromatic N) is 5. The van der Waals surface area contributed by atoms with Crippen molar-refractivity contribution in [2.45, 2.75) is 0 Å². The molecule has 0 saturated carbocycles. The van der Waals surface area contributed by atoms with Crippen LogP contribution in [0.1, 0.15) is 5.56 Å².